The molecule has 0 spiro atoms. The fraction of sp³-hybridized carbons (Fsp3) is 0.286. The summed E-state index contributed by atoms with van der Waals surface area (Å²) in [5.41, 5.74) is 5.82. The second-order valence-corrected chi connectivity index (χ2v) is 6.75. The van der Waals surface area contributed by atoms with Gasteiger partial charge < -0.3 is 10.1 Å². The third-order valence-corrected chi connectivity index (χ3v) is 4.21. The highest BCUT2D eigenvalue weighted by atomic mass is 16.5. The zero-order valence-corrected chi connectivity index (χ0v) is 15.8. The molecule has 0 aliphatic carbocycles. The van der Waals surface area contributed by atoms with Gasteiger partial charge in [-0.15, -0.1) is 0 Å². The highest BCUT2D eigenvalue weighted by molar-refractivity contribution is 6.05. The van der Waals surface area contributed by atoms with Gasteiger partial charge in [0.25, 0.3) is 0 Å². The molecule has 1 aromatic carbocycles. The Morgan fingerprint density at radius 1 is 1.08 bits per heavy atom. The maximum absolute atomic E-state index is 12.6. The summed E-state index contributed by atoms with van der Waals surface area (Å²) >= 11 is 0. The van der Waals surface area contributed by atoms with Crippen LogP contribution in [-0.2, 0) is 4.74 Å². The van der Waals surface area contributed by atoms with E-state index in [1.165, 1.54) is 17.3 Å². The zero-order valence-electron chi connectivity index (χ0n) is 15.8. The molecule has 0 saturated carbocycles. The molecule has 0 aliphatic rings. The Labute approximate surface area is 153 Å². The Hall–Kier alpha value is -2.95. The number of anilines is 2. The minimum absolute atomic E-state index is 0.205. The van der Waals surface area contributed by atoms with Gasteiger partial charge in [0.15, 0.2) is 5.65 Å². The number of nitrogens with zero attached hydrogens (tertiary/aromatic N) is 2. The Kier molecular flexibility index (Phi) is 4.89. The van der Waals surface area contributed by atoms with Crippen molar-refractivity contribution >= 4 is 28.4 Å². The Bertz CT molecular complexity index is 980. The summed E-state index contributed by atoms with van der Waals surface area (Å²) in [5.74, 6) is -0.402. The number of hydrogen-bond acceptors (Lipinski definition) is 5. The molecule has 5 heteroatoms. The predicted octanol–water partition coefficient (Wildman–Crippen LogP) is 4.86. The largest absolute Gasteiger partial charge is 0.459 e. The lowest BCUT2D eigenvalue weighted by Crippen LogP contribution is -2.14. The summed E-state index contributed by atoms with van der Waals surface area (Å²) in [6.07, 6.45) is 1.33. The van der Waals surface area contributed by atoms with Crippen molar-refractivity contribution in [2.45, 2.75) is 40.7 Å². The first-order valence-electron chi connectivity index (χ1n) is 8.67. The van der Waals surface area contributed by atoms with Gasteiger partial charge in [-0.05, 0) is 70.0 Å². The van der Waals surface area contributed by atoms with Gasteiger partial charge in [0, 0.05) is 23.0 Å². The molecule has 0 aliphatic heterocycles. The number of esters is 1. The molecule has 0 fully saturated rings. The van der Waals surface area contributed by atoms with E-state index in [1.807, 2.05) is 39.0 Å². The van der Waals surface area contributed by atoms with Gasteiger partial charge >= 0.3 is 5.97 Å². The fourth-order valence-electron chi connectivity index (χ4n) is 2.70. The van der Waals surface area contributed by atoms with Crippen molar-refractivity contribution in [1.29, 1.82) is 0 Å². The molecule has 5 nitrogen and oxygen atoms in total. The van der Waals surface area contributed by atoms with Gasteiger partial charge in [-0.3, -0.25) is 0 Å². The standard InChI is InChI=1S/C21H23N3O2/c1-12(2)26-21(25)18-11-22-20-17(9-7-15(5)23-20)19(18)24-16-8-6-13(3)14(4)10-16/h6-12H,1-5H3,(H,22,23,24). The quantitative estimate of drug-likeness (QED) is 0.681. The van der Waals surface area contributed by atoms with Crippen molar-refractivity contribution in [1.82, 2.24) is 9.97 Å². The van der Waals surface area contributed by atoms with E-state index in [4.69, 9.17) is 4.74 Å². The highest BCUT2D eigenvalue weighted by Gasteiger charge is 2.19. The Balaban J connectivity index is 2.14. The topological polar surface area (TPSA) is 64.1 Å². The van der Waals surface area contributed by atoms with E-state index in [0.29, 0.717) is 16.9 Å². The van der Waals surface area contributed by atoms with E-state index < -0.39 is 5.97 Å². The molecule has 2 heterocycles. The molecule has 0 amide bonds. The lowest BCUT2D eigenvalue weighted by Gasteiger charge is -2.16. The first-order chi connectivity index (χ1) is 12.3. The maximum Gasteiger partial charge on any atom is 0.342 e. The van der Waals surface area contributed by atoms with Crippen molar-refractivity contribution in [3.8, 4) is 0 Å². The molecule has 3 aromatic rings. The van der Waals surface area contributed by atoms with Crippen LogP contribution < -0.4 is 5.32 Å². The van der Waals surface area contributed by atoms with Gasteiger partial charge in [0.1, 0.15) is 5.56 Å². The molecular weight excluding hydrogens is 326 g/mol. The number of ether oxygens (including phenoxy) is 1. The first-order valence-corrected chi connectivity index (χ1v) is 8.67. The van der Waals surface area contributed by atoms with Crippen molar-refractivity contribution in [2.75, 3.05) is 5.32 Å². The number of nitrogens with one attached hydrogen (secondary N) is 1. The second-order valence-electron chi connectivity index (χ2n) is 6.75. The van der Waals surface area contributed by atoms with E-state index in [0.717, 1.165) is 16.8 Å². The number of hydrogen-bond donors (Lipinski definition) is 1. The predicted molar refractivity (Wildman–Crippen MR) is 104 cm³/mol. The van der Waals surface area contributed by atoms with Gasteiger partial charge in [0.05, 0.1) is 11.8 Å². The van der Waals surface area contributed by atoms with Crippen LogP contribution in [0.1, 0.15) is 41.0 Å². The molecule has 134 valence electrons. The van der Waals surface area contributed by atoms with Crippen molar-refractivity contribution < 1.29 is 9.53 Å². The average molecular weight is 349 g/mol. The van der Waals surface area contributed by atoms with Gasteiger partial charge in [-0.25, -0.2) is 14.8 Å². The van der Waals surface area contributed by atoms with E-state index >= 15 is 0 Å². The van der Waals surface area contributed by atoms with Gasteiger partial charge in [-0.1, -0.05) is 6.07 Å². The Morgan fingerprint density at radius 2 is 1.85 bits per heavy atom. The molecule has 0 bridgehead atoms. The van der Waals surface area contributed by atoms with Crippen LogP contribution in [0.3, 0.4) is 0 Å². The van der Waals surface area contributed by atoms with Crippen molar-refractivity contribution in [3.63, 3.8) is 0 Å². The monoisotopic (exact) mass is 349 g/mol. The van der Waals surface area contributed by atoms with Crippen LogP contribution in [0.4, 0.5) is 11.4 Å². The number of fused-ring (bicyclic) bond motifs is 1. The molecule has 0 atom stereocenters. The van der Waals surface area contributed by atoms with E-state index in [2.05, 4.69) is 41.3 Å². The molecule has 0 saturated heterocycles. The normalized spacial score (nSPS) is 11.0. The lowest BCUT2D eigenvalue weighted by molar-refractivity contribution is 0.0379. The SMILES string of the molecule is Cc1ccc2c(Nc3ccc(C)c(C)c3)c(C(=O)OC(C)C)cnc2n1. The molecule has 26 heavy (non-hydrogen) atoms. The zero-order chi connectivity index (χ0) is 18.8. The summed E-state index contributed by atoms with van der Waals surface area (Å²) in [4.78, 5) is 21.4. The molecular formula is C21H23N3O2. The minimum atomic E-state index is -0.402. The van der Waals surface area contributed by atoms with Crippen molar-refractivity contribution in [3.05, 3.63) is 58.9 Å². The summed E-state index contributed by atoms with van der Waals surface area (Å²) in [6.45, 7) is 9.70. The van der Waals surface area contributed by atoms with Crippen LogP contribution in [0.5, 0.6) is 0 Å². The third kappa shape index (κ3) is 3.67. The number of rotatable bonds is 4. The van der Waals surface area contributed by atoms with Gasteiger partial charge in [0.2, 0.25) is 0 Å². The molecule has 3 rings (SSSR count). The fourth-order valence-corrected chi connectivity index (χ4v) is 2.70. The van der Waals surface area contributed by atoms with Crippen LogP contribution >= 0.6 is 0 Å². The number of pyridine rings is 2. The maximum atomic E-state index is 12.6. The third-order valence-electron chi connectivity index (χ3n) is 4.21. The summed E-state index contributed by atoms with van der Waals surface area (Å²) in [7, 11) is 0. The molecule has 0 radical (unpaired) electrons. The first kappa shape index (κ1) is 17.9. The van der Waals surface area contributed by atoms with Crippen LogP contribution in [0.25, 0.3) is 11.0 Å². The van der Waals surface area contributed by atoms with Crippen LogP contribution in [0.15, 0.2) is 36.5 Å². The molecule has 2 aromatic heterocycles. The van der Waals surface area contributed by atoms with E-state index in [1.54, 1.807) is 0 Å². The van der Waals surface area contributed by atoms with Crippen LogP contribution in [-0.4, -0.2) is 22.0 Å². The second kappa shape index (κ2) is 7.12. The van der Waals surface area contributed by atoms with Gasteiger partial charge in [-0.2, -0.15) is 0 Å². The van der Waals surface area contributed by atoms with E-state index in [-0.39, 0.29) is 6.10 Å². The summed E-state index contributed by atoms with van der Waals surface area (Å²) in [5, 5.41) is 4.16. The Morgan fingerprint density at radius 3 is 2.54 bits per heavy atom. The number of benzene rings is 1. The number of aromatic nitrogens is 2. The summed E-state index contributed by atoms with van der Waals surface area (Å²) < 4.78 is 5.39. The van der Waals surface area contributed by atoms with Crippen molar-refractivity contribution in [2.24, 2.45) is 0 Å². The lowest BCUT2D eigenvalue weighted by atomic mass is 10.1. The highest BCUT2D eigenvalue weighted by Crippen LogP contribution is 2.30. The summed E-state index contributed by atoms with van der Waals surface area (Å²) in [6, 6.07) is 9.94. The number of aryl methyl sites for hydroxylation is 3. The minimum Gasteiger partial charge on any atom is -0.459 e. The molecule has 0 unspecified atom stereocenters. The van der Waals surface area contributed by atoms with E-state index in [9.17, 15) is 4.79 Å². The smallest absolute Gasteiger partial charge is 0.342 e. The average Bonchev–Trinajstić information content (AvgIpc) is 2.57. The molecule has 1 N–H and O–H groups in total. The number of carbonyl (C=O) groups excluding carboxylic acids is 1. The van der Waals surface area contributed by atoms with Crippen LogP contribution in [0, 0.1) is 20.8 Å². The number of carbonyl (C=O) groups is 1. The van der Waals surface area contributed by atoms with Crippen LogP contribution in [0.2, 0.25) is 0 Å².